The summed E-state index contributed by atoms with van der Waals surface area (Å²) in [6, 6.07) is 8.29. The maximum Gasteiger partial charge on any atom is 0.412 e. The van der Waals surface area contributed by atoms with Gasteiger partial charge in [0.05, 0.1) is 0 Å². The van der Waals surface area contributed by atoms with Crippen LogP contribution in [0.2, 0.25) is 0 Å². The van der Waals surface area contributed by atoms with Crippen LogP contribution in [-0.4, -0.2) is 35.7 Å². The van der Waals surface area contributed by atoms with Gasteiger partial charge in [-0.1, -0.05) is 18.2 Å². The Morgan fingerprint density at radius 2 is 2.04 bits per heavy atom. The average Bonchev–Trinajstić information content (AvgIpc) is 2.53. The smallest absolute Gasteiger partial charge is 0.299 e. The molecule has 0 bridgehead atoms. The fraction of sp³-hybridized carbons (Fsp3) is 0.389. The lowest BCUT2D eigenvalue weighted by atomic mass is 10.0. The highest BCUT2D eigenvalue weighted by Gasteiger charge is 2.34. The van der Waals surface area contributed by atoms with Crippen molar-refractivity contribution in [2.75, 3.05) is 19.6 Å². The van der Waals surface area contributed by atoms with Crippen LogP contribution in [0.3, 0.4) is 0 Å². The molecule has 1 aliphatic rings. The average molecular weight is 320 g/mol. The van der Waals surface area contributed by atoms with Gasteiger partial charge in [0.15, 0.2) is 0 Å². The van der Waals surface area contributed by atoms with Crippen LogP contribution >= 0.6 is 0 Å². The molecule has 0 radical (unpaired) electrons. The Morgan fingerprint density at radius 1 is 1.22 bits per heavy atom. The molecule has 5 heteroatoms. The third-order valence-electron chi connectivity index (χ3n) is 4.40. The zero-order valence-corrected chi connectivity index (χ0v) is 13.0. The number of rotatable bonds is 3. The minimum atomic E-state index is -4.17. The molecule has 1 aromatic heterocycles. The Hall–Kier alpha value is -1.88. The number of pyridine rings is 1. The molecule has 0 saturated carbocycles. The third-order valence-corrected chi connectivity index (χ3v) is 4.40. The summed E-state index contributed by atoms with van der Waals surface area (Å²) in [5, 5.41) is 2.31. The second-order valence-electron chi connectivity index (χ2n) is 5.98. The van der Waals surface area contributed by atoms with Gasteiger partial charge in [0.1, 0.15) is 0 Å². The first kappa shape index (κ1) is 16.0. The first-order chi connectivity index (χ1) is 10.9. The number of nitrogens with zero attached hydrogens (tertiary/aromatic N) is 2. The molecule has 0 atom stereocenters. The second kappa shape index (κ2) is 6.32. The predicted octanol–water partition coefficient (Wildman–Crippen LogP) is 4.28. The molecule has 1 aromatic carbocycles. The number of benzene rings is 1. The van der Waals surface area contributed by atoms with Gasteiger partial charge in [-0.25, -0.2) is 0 Å². The van der Waals surface area contributed by atoms with Crippen LogP contribution in [0.4, 0.5) is 13.2 Å². The summed E-state index contributed by atoms with van der Waals surface area (Å²) in [5.41, 5.74) is 1.81. The van der Waals surface area contributed by atoms with Gasteiger partial charge in [-0.05, 0) is 42.8 Å². The van der Waals surface area contributed by atoms with Crippen molar-refractivity contribution in [2.45, 2.75) is 25.9 Å². The molecule has 0 amide bonds. The molecule has 2 nitrogen and oxygen atoms in total. The standard InChI is InChI=1S/C18H19F3N2/c1-13-17-12-14(2-3-15(17)4-8-22-13)5-9-23-10-6-16(7-11-23)18(19,20)21/h2-4,6,8,12H,5,7,9-11H2,1H3. The van der Waals surface area contributed by atoms with E-state index < -0.39 is 6.18 Å². The zero-order chi connectivity index (χ0) is 16.4. The van der Waals surface area contributed by atoms with Crippen LogP contribution in [0.25, 0.3) is 10.8 Å². The largest absolute Gasteiger partial charge is 0.412 e. The Labute approximate surface area is 133 Å². The van der Waals surface area contributed by atoms with Crippen molar-refractivity contribution >= 4 is 10.8 Å². The lowest BCUT2D eigenvalue weighted by molar-refractivity contribution is -0.0959. The highest BCUT2D eigenvalue weighted by molar-refractivity contribution is 5.84. The van der Waals surface area contributed by atoms with E-state index in [1.54, 1.807) is 6.20 Å². The Balaban J connectivity index is 1.63. The summed E-state index contributed by atoms with van der Waals surface area (Å²) >= 11 is 0. The van der Waals surface area contributed by atoms with Gasteiger partial charge in [-0.15, -0.1) is 0 Å². The van der Waals surface area contributed by atoms with Crippen molar-refractivity contribution in [1.82, 2.24) is 9.88 Å². The molecule has 3 rings (SSSR count). The monoisotopic (exact) mass is 320 g/mol. The molecule has 0 saturated heterocycles. The lowest BCUT2D eigenvalue weighted by Gasteiger charge is -2.27. The maximum atomic E-state index is 12.6. The summed E-state index contributed by atoms with van der Waals surface area (Å²) in [6.45, 7) is 3.61. The number of hydrogen-bond acceptors (Lipinski definition) is 2. The number of hydrogen-bond donors (Lipinski definition) is 0. The van der Waals surface area contributed by atoms with Gasteiger partial charge in [-0.3, -0.25) is 9.88 Å². The van der Waals surface area contributed by atoms with Gasteiger partial charge in [0, 0.05) is 42.5 Å². The van der Waals surface area contributed by atoms with Crippen LogP contribution in [0.5, 0.6) is 0 Å². The quantitative estimate of drug-likeness (QED) is 0.785. The third kappa shape index (κ3) is 3.72. The Kier molecular flexibility index (Phi) is 4.39. The lowest BCUT2D eigenvalue weighted by Crippen LogP contribution is -2.33. The molecule has 2 aromatic rings. The summed E-state index contributed by atoms with van der Waals surface area (Å²) in [7, 11) is 0. The molecule has 122 valence electrons. The van der Waals surface area contributed by atoms with E-state index in [9.17, 15) is 13.2 Å². The summed E-state index contributed by atoms with van der Waals surface area (Å²) in [4.78, 5) is 6.37. The van der Waals surface area contributed by atoms with Crippen molar-refractivity contribution in [3.8, 4) is 0 Å². The van der Waals surface area contributed by atoms with E-state index in [1.807, 2.05) is 13.0 Å². The van der Waals surface area contributed by atoms with Crippen LogP contribution in [-0.2, 0) is 6.42 Å². The molecular formula is C18H19F3N2. The molecule has 0 spiro atoms. The maximum absolute atomic E-state index is 12.6. The summed E-state index contributed by atoms with van der Waals surface area (Å²) in [6.07, 6.45) is -0.133. The van der Waals surface area contributed by atoms with Crippen LogP contribution < -0.4 is 0 Å². The van der Waals surface area contributed by atoms with E-state index in [0.29, 0.717) is 13.1 Å². The normalized spacial score (nSPS) is 16.6. The van der Waals surface area contributed by atoms with Crippen molar-refractivity contribution in [3.63, 3.8) is 0 Å². The van der Waals surface area contributed by atoms with Crippen LogP contribution in [0.1, 0.15) is 17.7 Å². The number of aromatic nitrogens is 1. The van der Waals surface area contributed by atoms with E-state index in [-0.39, 0.29) is 12.0 Å². The SMILES string of the molecule is Cc1nccc2ccc(CCN3CC=C(C(F)(F)F)CC3)cc12. The fourth-order valence-corrected chi connectivity index (χ4v) is 2.98. The molecule has 2 heterocycles. The van der Waals surface area contributed by atoms with E-state index in [0.717, 1.165) is 29.4 Å². The van der Waals surface area contributed by atoms with Gasteiger partial charge in [0.25, 0.3) is 0 Å². The second-order valence-corrected chi connectivity index (χ2v) is 5.98. The van der Waals surface area contributed by atoms with Crippen LogP contribution in [0, 0.1) is 6.92 Å². The van der Waals surface area contributed by atoms with Crippen molar-refractivity contribution in [1.29, 1.82) is 0 Å². The number of halogens is 3. The van der Waals surface area contributed by atoms with Crippen molar-refractivity contribution in [3.05, 3.63) is 53.4 Å². The molecule has 0 aliphatic carbocycles. The van der Waals surface area contributed by atoms with Gasteiger partial charge in [0.2, 0.25) is 0 Å². The highest BCUT2D eigenvalue weighted by Crippen LogP contribution is 2.30. The van der Waals surface area contributed by atoms with Gasteiger partial charge < -0.3 is 0 Å². The summed E-state index contributed by atoms with van der Waals surface area (Å²) < 4.78 is 37.8. The number of alkyl halides is 3. The van der Waals surface area contributed by atoms with Gasteiger partial charge >= 0.3 is 6.18 Å². The van der Waals surface area contributed by atoms with E-state index in [1.165, 1.54) is 11.6 Å². The minimum Gasteiger partial charge on any atom is -0.299 e. The fourth-order valence-electron chi connectivity index (χ4n) is 2.98. The topological polar surface area (TPSA) is 16.1 Å². The van der Waals surface area contributed by atoms with Crippen molar-refractivity contribution in [2.24, 2.45) is 0 Å². The molecule has 0 fully saturated rings. The Morgan fingerprint density at radius 3 is 2.74 bits per heavy atom. The summed E-state index contributed by atoms with van der Waals surface area (Å²) in [5.74, 6) is 0. The molecule has 23 heavy (non-hydrogen) atoms. The zero-order valence-electron chi connectivity index (χ0n) is 13.0. The number of aryl methyl sites for hydroxylation is 1. The number of fused-ring (bicyclic) bond motifs is 1. The van der Waals surface area contributed by atoms with E-state index in [4.69, 9.17) is 0 Å². The molecule has 1 aliphatic heterocycles. The first-order valence-corrected chi connectivity index (χ1v) is 7.76. The Bertz CT molecular complexity index is 735. The molecule has 0 unspecified atom stereocenters. The van der Waals surface area contributed by atoms with Gasteiger partial charge in [-0.2, -0.15) is 13.2 Å². The molecule has 0 N–H and O–H groups in total. The first-order valence-electron chi connectivity index (χ1n) is 7.76. The predicted molar refractivity (Wildman–Crippen MR) is 85.4 cm³/mol. The van der Waals surface area contributed by atoms with Crippen LogP contribution in [0.15, 0.2) is 42.1 Å². The molecular weight excluding hydrogens is 301 g/mol. The van der Waals surface area contributed by atoms with Crippen molar-refractivity contribution < 1.29 is 13.2 Å². The van der Waals surface area contributed by atoms with E-state index in [2.05, 4.69) is 28.1 Å². The van der Waals surface area contributed by atoms with E-state index >= 15 is 0 Å². The highest BCUT2D eigenvalue weighted by atomic mass is 19.4. The minimum absolute atomic E-state index is 0.0875.